The van der Waals surface area contributed by atoms with Gasteiger partial charge in [0.05, 0.1) is 26.8 Å². The summed E-state index contributed by atoms with van der Waals surface area (Å²) < 4.78 is 8.77. The number of nitriles is 1. The summed E-state index contributed by atoms with van der Waals surface area (Å²) in [5.74, 6) is 0.726. The SMILES string of the molecule is N#Cc1ccccc1CO/N=C\c1cc(Br)c(OCc2ccc(I)cc2)c(Br)c1. The second kappa shape index (κ2) is 10.8. The number of rotatable bonds is 7. The van der Waals surface area contributed by atoms with Gasteiger partial charge in [-0.1, -0.05) is 35.5 Å². The molecule has 0 atom stereocenters. The molecule has 0 amide bonds. The first-order chi connectivity index (χ1) is 14.1. The fourth-order valence-electron chi connectivity index (χ4n) is 2.49. The Morgan fingerprint density at radius 1 is 1.00 bits per heavy atom. The average molecular weight is 626 g/mol. The van der Waals surface area contributed by atoms with Crippen molar-refractivity contribution in [2.75, 3.05) is 0 Å². The van der Waals surface area contributed by atoms with Crippen molar-refractivity contribution >= 4 is 60.7 Å². The Bertz CT molecular complexity index is 1040. The van der Waals surface area contributed by atoms with E-state index in [1.54, 1.807) is 12.3 Å². The van der Waals surface area contributed by atoms with Crippen molar-refractivity contribution < 1.29 is 9.57 Å². The molecule has 0 aliphatic rings. The Balaban J connectivity index is 1.61. The molecule has 4 nitrogen and oxygen atoms in total. The quantitative estimate of drug-likeness (QED) is 0.165. The van der Waals surface area contributed by atoms with Crippen LogP contribution in [0.5, 0.6) is 5.75 Å². The zero-order valence-electron chi connectivity index (χ0n) is 15.1. The molecule has 0 fully saturated rings. The van der Waals surface area contributed by atoms with Crippen LogP contribution in [0.3, 0.4) is 0 Å². The Labute approximate surface area is 199 Å². The molecule has 0 spiro atoms. The molecule has 29 heavy (non-hydrogen) atoms. The molecular weight excluding hydrogens is 611 g/mol. The summed E-state index contributed by atoms with van der Waals surface area (Å²) in [6.45, 7) is 0.711. The van der Waals surface area contributed by atoms with Crippen LogP contribution in [0.15, 0.2) is 74.8 Å². The minimum Gasteiger partial charge on any atom is -0.487 e. The number of benzene rings is 3. The van der Waals surface area contributed by atoms with Gasteiger partial charge in [-0.2, -0.15) is 5.26 Å². The Hall–Kier alpha value is -1.89. The highest BCUT2D eigenvalue weighted by molar-refractivity contribution is 14.1. The Kier molecular flexibility index (Phi) is 8.09. The van der Waals surface area contributed by atoms with Crippen molar-refractivity contribution in [3.63, 3.8) is 0 Å². The third-order valence-electron chi connectivity index (χ3n) is 3.95. The molecule has 3 aromatic rings. The van der Waals surface area contributed by atoms with Crippen LogP contribution in [0.4, 0.5) is 0 Å². The number of hydrogen-bond acceptors (Lipinski definition) is 4. The number of ether oxygens (including phenoxy) is 1. The fourth-order valence-corrected chi connectivity index (χ4v) is 4.30. The maximum Gasteiger partial charge on any atom is 0.148 e. The first-order valence-corrected chi connectivity index (χ1v) is 11.2. The normalized spacial score (nSPS) is 10.7. The van der Waals surface area contributed by atoms with E-state index >= 15 is 0 Å². The van der Waals surface area contributed by atoms with Crippen LogP contribution in [0.25, 0.3) is 0 Å². The molecule has 3 aromatic carbocycles. The molecule has 0 N–H and O–H groups in total. The highest BCUT2D eigenvalue weighted by Crippen LogP contribution is 2.35. The van der Waals surface area contributed by atoms with E-state index < -0.39 is 0 Å². The Morgan fingerprint density at radius 3 is 2.38 bits per heavy atom. The largest absolute Gasteiger partial charge is 0.487 e. The average Bonchev–Trinajstić information content (AvgIpc) is 2.72. The number of nitrogens with zero attached hydrogens (tertiary/aromatic N) is 2. The monoisotopic (exact) mass is 624 g/mol. The van der Waals surface area contributed by atoms with Gasteiger partial charge in [0.25, 0.3) is 0 Å². The fraction of sp³-hybridized carbons (Fsp3) is 0.0909. The van der Waals surface area contributed by atoms with E-state index in [0.29, 0.717) is 12.2 Å². The molecule has 0 aliphatic carbocycles. The summed E-state index contributed by atoms with van der Waals surface area (Å²) >= 11 is 9.38. The van der Waals surface area contributed by atoms with Crippen molar-refractivity contribution in [2.24, 2.45) is 5.16 Å². The molecule has 0 bridgehead atoms. The lowest BCUT2D eigenvalue weighted by Crippen LogP contribution is -1.98. The lowest BCUT2D eigenvalue weighted by Gasteiger charge is -2.11. The predicted molar refractivity (Wildman–Crippen MR) is 129 cm³/mol. The molecule has 0 unspecified atom stereocenters. The first-order valence-electron chi connectivity index (χ1n) is 8.56. The minimum atomic E-state index is 0.236. The molecule has 3 rings (SSSR count). The summed E-state index contributed by atoms with van der Waals surface area (Å²) in [7, 11) is 0. The van der Waals surface area contributed by atoms with Crippen molar-refractivity contribution in [1.29, 1.82) is 5.26 Å². The van der Waals surface area contributed by atoms with Crippen LogP contribution in [-0.4, -0.2) is 6.21 Å². The summed E-state index contributed by atoms with van der Waals surface area (Å²) in [6.07, 6.45) is 1.62. The lowest BCUT2D eigenvalue weighted by atomic mass is 10.1. The third-order valence-corrected chi connectivity index (χ3v) is 5.85. The predicted octanol–water partition coefficient (Wildman–Crippen LogP) is 6.82. The molecule has 0 aliphatic heterocycles. The Morgan fingerprint density at radius 2 is 1.69 bits per heavy atom. The standard InChI is InChI=1S/C22H15Br2IN2O2/c23-20-9-16(12-27-29-14-18-4-2-1-3-17(18)11-26)10-21(24)22(20)28-13-15-5-7-19(25)8-6-15/h1-10,12H,13-14H2/b27-12-. The third kappa shape index (κ3) is 6.29. The smallest absolute Gasteiger partial charge is 0.148 e. The van der Waals surface area contributed by atoms with Crippen LogP contribution >= 0.6 is 54.5 Å². The number of hydrogen-bond donors (Lipinski definition) is 0. The topological polar surface area (TPSA) is 54.6 Å². The van der Waals surface area contributed by atoms with Gasteiger partial charge < -0.3 is 9.57 Å². The second-order valence-electron chi connectivity index (χ2n) is 6.01. The van der Waals surface area contributed by atoms with Gasteiger partial charge in [-0.25, -0.2) is 0 Å². The van der Waals surface area contributed by atoms with Crippen molar-refractivity contribution in [3.8, 4) is 11.8 Å². The van der Waals surface area contributed by atoms with E-state index in [-0.39, 0.29) is 6.61 Å². The first kappa shape index (κ1) is 21.8. The number of oxime groups is 1. The molecule has 146 valence electrons. The summed E-state index contributed by atoms with van der Waals surface area (Å²) in [5, 5.41) is 13.1. The number of halogens is 3. The van der Waals surface area contributed by atoms with Crippen molar-refractivity contribution in [2.45, 2.75) is 13.2 Å². The van der Waals surface area contributed by atoms with Gasteiger partial charge >= 0.3 is 0 Å². The zero-order chi connectivity index (χ0) is 20.6. The van der Waals surface area contributed by atoms with Crippen LogP contribution in [0.2, 0.25) is 0 Å². The van der Waals surface area contributed by atoms with E-state index in [4.69, 9.17) is 14.8 Å². The highest BCUT2D eigenvalue weighted by Gasteiger charge is 2.09. The van der Waals surface area contributed by atoms with E-state index in [2.05, 4.69) is 77.8 Å². The van der Waals surface area contributed by atoms with E-state index in [1.165, 1.54) is 3.57 Å². The van der Waals surface area contributed by atoms with Gasteiger partial charge in [-0.3, -0.25) is 0 Å². The molecule has 7 heteroatoms. The molecule has 0 aromatic heterocycles. The van der Waals surface area contributed by atoms with Crippen molar-refractivity contribution in [3.05, 3.63) is 95.4 Å². The molecule has 0 heterocycles. The van der Waals surface area contributed by atoms with Crippen LogP contribution in [0.1, 0.15) is 22.3 Å². The van der Waals surface area contributed by atoms with Gasteiger partial charge in [0.1, 0.15) is 19.0 Å². The highest BCUT2D eigenvalue weighted by atomic mass is 127. The van der Waals surface area contributed by atoms with Gasteiger partial charge in [0, 0.05) is 9.13 Å². The van der Waals surface area contributed by atoms with Gasteiger partial charge in [0.15, 0.2) is 0 Å². The van der Waals surface area contributed by atoms with E-state index in [0.717, 1.165) is 31.4 Å². The van der Waals surface area contributed by atoms with Crippen LogP contribution < -0.4 is 4.74 Å². The summed E-state index contributed by atoms with van der Waals surface area (Å²) in [4.78, 5) is 5.35. The molecule has 0 radical (unpaired) electrons. The maximum atomic E-state index is 9.10. The molecular formula is C22H15Br2IN2O2. The summed E-state index contributed by atoms with van der Waals surface area (Å²) in [5.41, 5.74) is 3.33. The van der Waals surface area contributed by atoms with Gasteiger partial charge in [-0.15, -0.1) is 0 Å². The van der Waals surface area contributed by atoms with Gasteiger partial charge in [0.2, 0.25) is 0 Å². The molecule has 0 saturated carbocycles. The maximum absolute atomic E-state index is 9.10. The molecule has 0 saturated heterocycles. The second-order valence-corrected chi connectivity index (χ2v) is 8.96. The van der Waals surface area contributed by atoms with Gasteiger partial charge in [-0.05, 0) is 95.9 Å². The summed E-state index contributed by atoms with van der Waals surface area (Å²) in [6, 6.07) is 21.5. The van der Waals surface area contributed by atoms with Crippen LogP contribution in [0, 0.1) is 14.9 Å². The zero-order valence-corrected chi connectivity index (χ0v) is 20.4. The van der Waals surface area contributed by atoms with E-state index in [9.17, 15) is 0 Å². The lowest BCUT2D eigenvalue weighted by molar-refractivity contribution is 0.132. The van der Waals surface area contributed by atoms with Crippen molar-refractivity contribution in [1.82, 2.24) is 0 Å². The minimum absolute atomic E-state index is 0.236. The van der Waals surface area contributed by atoms with Crippen LogP contribution in [-0.2, 0) is 18.1 Å². The van der Waals surface area contributed by atoms with E-state index in [1.807, 2.05) is 42.5 Å².